The molecule has 4 N–H and O–H groups in total. The van der Waals surface area contributed by atoms with Crippen molar-refractivity contribution in [1.29, 1.82) is 0 Å². The molecule has 0 saturated carbocycles. The van der Waals surface area contributed by atoms with Crippen molar-refractivity contribution in [1.82, 2.24) is 30.3 Å². The van der Waals surface area contributed by atoms with Gasteiger partial charge in [-0.25, -0.2) is 14.4 Å². The number of rotatable bonds is 11. The van der Waals surface area contributed by atoms with Gasteiger partial charge in [0.2, 0.25) is 0 Å². The Bertz CT molecular complexity index is 2050. The molecule has 4 aliphatic heterocycles. The third-order valence-electron chi connectivity index (χ3n) is 9.35. The lowest BCUT2D eigenvalue weighted by molar-refractivity contribution is -0.766. The SMILES string of the molecule is CO/N=C(\C(=O)N[C@@H]1C(=O)N2C(C(=O)[O-])=C(C[n+]3ccc4n3CCN4Cc3c(F)cc(C(=O)NN4CCCCC4)cc3Cl)CS[C@H]12)c1nc(N)sc1Cl. The minimum Gasteiger partial charge on any atom is -0.543 e. The fraction of sp³-hybridized carbons (Fsp3) is 0.406. The summed E-state index contributed by atoms with van der Waals surface area (Å²) in [5.74, 6) is -3.00. The monoisotopic (exact) mass is 806 g/mol. The molecule has 6 heterocycles. The molecule has 7 rings (SSSR count). The molecule has 0 unspecified atom stereocenters. The first kappa shape index (κ1) is 36.9. The Kier molecular flexibility index (Phi) is 10.5. The first-order valence-electron chi connectivity index (χ1n) is 16.6. The number of hydrogen-bond donors (Lipinski definition) is 3. The molecule has 0 bridgehead atoms. The molecular formula is C32H33Cl2FN10O6S2. The molecule has 0 aliphatic carbocycles. The van der Waals surface area contributed by atoms with Gasteiger partial charge >= 0.3 is 0 Å². The van der Waals surface area contributed by atoms with E-state index in [1.54, 1.807) is 6.20 Å². The van der Waals surface area contributed by atoms with E-state index in [1.165, 1.54) is 31.0 Å². The van der Waals surface area contributed by atoms with Crippen molar-refractivity contribution in [2.24, 2.45) is 5.16 Å². The molecule has 4 aliphatic rings. The van der Waals surface area contributed by atoms with Crippen molar-refractivity contribution < 1.29 is 38.2 Å². The number of nitrogens with two attached hydrogens (primary N) is 1. The molecule has 21 heteroatoms. The number of fused-ring (bicyclic) bond motifs is 2. The summed E-state index contributed by atoms with van der Waals surface area (Å²) in [6.07, 6.45) is 4.85. The number of benzene rings is 1. The summed E-state index contributed by atoms with van der Waals surface area (Å²) in [5, 5.41) is 20.1. The highest BCUT2D eigenvalue weighted by atomic mass is 35.5. The number of thiazole rings is 1. The molecule has 2 atom stereocenters. The Morgan fingerprint density at radius 3 is 2.64 bits per heavy atom. The van der Waals surface area contributed by atoms with Crippen molar-refractivity contribution in [2.75, 3.05) is 43.1 Å². The Labute approximate surface area is 320 Å². The van der Waals surface area contributed by atoms with Gasteiger partial charge < -0.3 is 30.7 Å². The molecule has 53 heavy (non-hydrogen) atoms. The molecule has 0 radical (unpaired) electrons. The lowest BCUT2D eigenvalue weighted by Crippen LogP contribution is -2.71. The average molecular weight is 808 g/mol. The van der Waals surface area contributed by atoms with Gasteiger partial charge in [0.25, 0.3) is 17.7 Å². The van der Waals surface area contributed by atoms with E-state index < -0.39 is 40.9 Å². The maximum absolute atomic E-state index is 15.4. The van der Waals surface area contributed by atoms with Crippen molar-refractivity contribution >= 4 is 86.7 Å². The molecule has 280 valence electrons. The number of piperidine rings is 1. The molecule has 2 saturated heterocycles. The molecule has 3 aromatic rings. The minimum atomic E-state index is -1.52. The third kappa shape index (κ3) is 7.15. The Morgan fingerprint density at radius 1 is 1.19 bits per heavy atom. The van der Waals surface area contributed by atoms with Crippen LogP contribution < -0.4 is 31.2 Å². The number of amides is 3. The van der Waals surface area contributed by atoms with Crippen LogP contribution in [-0.2, 0) is 38.9 Å². The normalized spacial score (nSPS) is 20.2. The zero-order chi connectivity index (χ0) is 37.6. The van der Waals surface area contributed by atoms with E-state index in [0.717, 1.165) is 54.4 Å². The summed E-state index contributed by atoms with van der Waals surface area (Å²) in [6, 6.07) is 3.44. The number of nitrogen functional groups attached to an aromatic ring is 1. The van der Waals surface area contributed by atoms with Gasteiger partial charge in [-0.05, 0) is 25.0 Å². The van der Waals surface area contributed by atoms with Crippen LogP contribution in [0.5, 0.6) is 0 Å². The number of oxime groups is 1. The topological polar surface area (TPSA) is 194 Å². The van der Waals surface area contributed by atoms with Gasteiger partial charge in [0.1, 0.15) is 34.4 Å². The fourth-order valence-corrected chi connectivity index (χ4v) is 9.36. The predicted molar refractivity (Wildman–Crippen MR) is 192 cm³/mol. The largest absolute Gasteiger partial charge is 0.543 e. The summed E-state index contributed by atoms with van der Waals surface area (Å²) >= 11 is 14.9. The number of β-lactam (4-membered cyclic amide) rings is 1. The number of anilines is 2. The van der Waals surface area contributed by atoms with Crippen LogP contribution in [0.4, 0.5) is 15.3 Å². The van der Waals surface area contributed by atoms with E-state index in [0.29, 0.717) is 18.7 Å². The molecular weight excluding hydrogens is 774 g/mol. The molecule has 2 aromatic heterocycles. The Morgan fingerprint density at radius 2 is 1.96 bits per heavy atom. The summed E-state index contributed by atoms with van der Waals surface area (Å²) in [4.78, 5) is 63.6. The predicted octanol–water partition coefficient (Wildman–Crippen LogP) is 0.866. The number of carbonyl (C=O) groups is 4. The first-order chi connectivity index (χ1) is 25.4. The molecule has 16 nitrogen and oxygen atoms in total. The summed E-state index contributed by atoms with van der Waals surface area (Å²) in [7, 11) is 1.23. The lowest BCUT2D eigenvalue weighted by atomic mass is 10.0. The second kappa shape index (κ2) is 15.1. The third-order valence-corrected chi connectivity index (χ3v) is 12.1. The number of nitrogens with one attached hydrogen (secondary N) is 2. The van der Waals surface area contributed by atoms with Gasteiger partial charge in [0.15, 0.2) is 29.4 Å². The number of carboxylic acids is 1. The number of halogens is 3. The number of carbonyl (C=O) groups excluding carboxylic acids is 4. The van der Waals surface area contributed by atoms with E-state index in [2.05, 4.69) is 20.9 Å². The van der Waals surface area contributed by atoms with E-state index >= 15 is 4.39 Å². The van der Waals surface area contributed by atoms with Gasteiger partial charge in [0.05, 0.1) is 24.3 Å². The van der Waals surface area contributed by atoms with E-state index in [1.807, 2.05) is 25.3 Å². The number of aliphatic carboxylic acids is 1. The number of carboxylic acid groups (broad SMARTS) is 1. The second-order valence-corrected chi connectivity index (χ2v) is 15.8. The molecule has 2 fully saturated rings. The van der Waals surface area contributed by atoms with Gasteiger partial charge in [0, 0.05) is 53.7 Å². The van der Waals surface area contributed by atoms with Crippen LogP contribution in [0.2, 0.25) is 9.36 Å². The number of aromatic nitrogens is 3. The van der Waals surface area contributed by atoms with E-state index in [-0.39, 0.29) is 61.6 Å². The highest BCUT2D eigenvalue weighted by molar-refractivity contribution is 8.00. The van der Waals surface area contributed by atoms with Gasteiger partial charge in [-0.1, -0.05) is 46.1 Å². The summed E-state index contributed by atoms with van der Waals surface area (Å²) in [6.45, 7) is 2.78. The van der Waals surface area contributed by atoms with Crippen molar-refractivity contribution in [3.05, 3.63) is 67.7 Å². The fourth-order valence-electron chi connectivity index (χ4n) is 6.83. The maximum Gasteiger partial charge on any atom is 0.276 e. The summed E-state index contributed by atoms with van der Waals surface area (Å²) < 4.78 is 19.3. The van der Waals surface area contributed by atoms with Crippen LogP contribution in [-0.4, -0.2) is 92.9 Å². The zero-order valence-corrected chi connectivity index (χ0v) is 31.3. The lowest BCUT2D eigenvalue weighted by Gasteiger charge is -2.50. The van der Waals surface area contributed by atoms with Crippen molar-refractivity contribution in [2.45, 2.75) is 50.3 Å². The molecule has 3 amide bonds. The van der Waals surface area contributed by atoms with Gasteiger partial charge in [-0.3, -0.25) is 24.7 Å². The van der Waals surface area contributed by atoms with Gasteiger partial charge in [-0.15, -0.1) is 21.1 Å². The number of hydrogen-bond acceptors (Lipinski definition) is 13. The van der Waals surface area contributed by atoms with E-state index in [9.17, 15) is 24.3 Å². The number of thioether (sulfide) groups is 1. The Hall–Kier alpha value is -4.43. The second-order valence-electron chi connectivity index (χ2n) is 12.6. The highest BCUT2D eigenvalue weighted by Gasteiger charge is 2.53. The van der Waals surface area contributed by atoms with Crippen LogP contribution in [0.1, 0.15) is 40.9 Å². The van der Waals surface area contributed by atoms with Crippen LogP contribution in [0, 0.1) is 5.82 Å². The number of nitrogens with zero attached hydrogens (tertiary/aromatic N) is 7. The van der Waals surface area contributed by atoms with Crippen LogP contribution in [0.15, 0.2) is 40.8 Å². The molecule has 0 spiro atoms. The van der Waals surface area contributed by atoms with E-state index in [4.69, 9.17) is 33.8 Å². The van der Waals surface area contributed by atoms with Crippen molar-refractivity contribution in [3.63, 3.8) is 0 Å². The summed E-state index contributed by atoms with van der Waals surface area (Å²) in [5.41, 5.74) is 8.79. The smallest absolute Gasteiger partial charge is 0.276 e. The zero-order valence-electron chi connectivity index (χ0n) is 28.1. The minimum absolute atomic E-state index is 0.0138. The van der Waals surface area contributed by atoms with Crippen LogP contribution in [0.25, 0.3) is 0 Å². The van der Waals surface area contributed by atoms with Crippen molar-refractivity contribution in [3.8, 4) is 0 Å². The maximum atomic E-state index is 15.4. The quantitative estimate of drug-likeness (QED) is 0.108. The standard InChI is InChI=1S/C32H33Cl2FN10O6S2/c1-51-40-23(22-26(34)53-32(36)38-22)28(47)37-24-29(48)45-25(31(49)50)17(15-52-30(24)45)13-43-8-5-21-41(9-10-44(21)43)14-18-19(33)11-16(12-20(18)35)27(46)39-42-6-3-2-4-7-42/h5,8,11-12,24,30H,2-4,6-7,9-10,13-15H2,1H3,(H4-,36,37,38,39,46,47,49,50)/b40-23-/t24-,30-/m1/s1. The Balaban J connectivity index is 1.03. The van der Waals surface area contributed by atoms with Gasteiger partial charge in [-0.2, -0.15) is 0 Å². The van der Waals surface area contributed by atoms with Crippen LogP contribution in [0.3, 0.4) is 0 Å². The molecule has 1 aromatic carbocycles. The average Bonchev–Trinajstić information content (AvgIpc) is 3.82. The van der Waals surface area contributed by atoms with Crippen LogP contribution >= 0.6 is 46.3 Å². The first-order valence-corrected chi connectivity index (χ1v) is 19.2. The number of hydrazine groups is 1. The highest BCUT2D eigenvalue weighted by Crippen LogP contribution is 2.40.